The summed E-state index contributed by atoms with van der Waals surface area (Å²) in [6.07, 6.45) is -2.94. The van der Waals surface area contributed by atoms with Crippen molar-refractivity contribution in [3.05, 3.63) is 33.1 Å². The van der Waals surface area contributed by atoms with Crippen LogP contribution in [0.5, 0.6) is 0 Å². The molecule has 0 fully saturated rings. The Morgan fingerprint density at radius 1 is 1.62 bits per heavy atom. The zero-order valence-corrected chi connectivity index (χ0v) is 7.98. The van der Waals surface area contributed by atoms with Crippen molar-refractivity contribution in [2.75, 3.05) is 0 Å². The summed E-state index contributed by atoms with van der Waals surface area (Å²) in [5.74, 6) is -1.63. The lowest BCUT2D eigenvalue weighted by atomic mass is 10.1. The molecule has 0 aromatic carbocycles. The first-order chi connectivity index (χ1) is 7.34. The highest BCUT2D eigenvalue weighted by molar-refractivity contribution is 5.90. The summed E-state index contributed by atoms with van der Waals surface area (Å²) in [7, 11) is 0. The molecule has 0 bridgehead atoms. The van der Waals surface area contributed by atoms with E-state index in [4.69, 9.17) is 5.11 Å². The predicted molar refractivity (Wildman–Crippen MR) is 47.5 cm³/mol. The van der Waals surface area contributed by atoms with Gasteiger partial charge in [0.25, 0.3) is 6.43 Å². The molecule has 16 heavy (non-hydrogen) atoms. The zero-order chi connectivity index (χ0) is 12.5. The average molecular weight is 232 g/mol. The number of alkyl halides is 2. The molecule has 6 nitrogen and oxygen atoms in total. The lowest BCUT2D eigenvalue weighted by Crippen LogP contribution is -2.09. The van der Waals surface area contributed by atoms with Gasteiger partial charge in [0.2, 0.25) is 5.69 Å². The number of nitro groups is 1. The van der Waals surface area contributed by atoms with Gasteiger partial charge in [0.05, 0.1) is 4.92 Å². The molecule has 0 spiro atoms. The smallest absolute Gasteiger partial charge is 0.361 e. The molecular formula is C8H6F2N2O4. The van der Waals surface area contributed by atoms with Crippen molar-refractivity contribution in [1.29, 1.82) is 0 Å². The highest BCUT2D eigenvalue weighted by Crippen LogP contribution is 2.27. The Morgan fingerprint density at radius 3 is 2.56 bits per heavy atom. The second kappa shape index (κ2) is 4.17. The third-order valence-electron chi connectivity index (χ3n) is 1.87. The number of hydrogen-bond acceptors (Lipinski definition) is 4. The predicted octanol–water partition coefficient (Wildman–Crippen LogP) is 1.93. The molecular weight excluding hydrogens is 226 g/mol. The molecule has 0 atom stereocenters. The standard InChI is InChI=1S/C8H6F2N2O4/c1-3-4(7(9)10)2-5(12(15)16)6(11-3)8(13)14/h2,7H,1H3,(H,13,14). The number of aromatic nitrogens is 1. The summed E-state index contributed by atoms with van der Waals surface area (Å²) in [4.78, 5) is 23.3. The molecule has 0 unspecified atom stereocenters. The Kier molecular flexibility index (Phi) is 3.11. The van der Waals surface area contributed by atoms with Gasteiger partial charge in [-0.15, -0.1) is 0 Å². The molecule has 86 valence electrons. The first kappa shape index (κ1) is 12.0. The van der Waals surface area contributed by atoms with Gasteiger partial charge < -0.3 is 5.11 Å². The maximum atomic E-state index is 12.4. The van der Waals surface area contributed by atoms with Gasteiger partial charge in [0, 0.05) is 17.3 Å². The van der Waals surface area contributed by atoms with E-state index in [0.29, 0.717) is 6.07 Å². The van der Waals surface area contributed by atoms with Crippen molar-refractivity contribution in [3.8, 4) is 0 Å². The van der Waals surface area contributed by atoms with Crippen LogP contribution in [-0.2, 0) is 0 Å². The number of nitrogens with zero attached hydrogens (tertiary/aromatic N) is 2. The van der Waals surface area contributed by atoms with Crippen molar-refractivity contribution in [2.24, 2.45) is 0 Å². The van der Waals surface area contributed by atoms with Crippen LogP contribution in [0.3, 0.4) is 0 Å². The number of halogens is 2. The van der Waals surface area contributed by atoms with Crippen LogP contribution in [0.15, 0.2) is 6.07 Å². The van der Waals surface area contributed by atoms with E-state index in [2.05, 4.69) is 4.98 Å². The van der Waals surface area contributed by atoms with Crippen LogP contribution in [0, 0.1) is 17.0 Å². The van der Waals surface area contributed by atoms with E-state index < -0.39 is 34.3 Å². The number of carboxylic acids is 1. The van der Waals surface area contributed by atoms with E-state index in [1.165, 1.54) is 0 Å². The van der Waals surface area contributed by atoms with Crippen molar-refractivity contribution in [1.82, 2.24) is 4.98 Å². The molecule has 1 rings (SSSR count). The molecule has 0 aliphatic heterocycles. The number of aromatic carboxylic acids is 1. The van der Waals surface area contributed by atoms with Crippen molar-refractivity contribution >= 4 is 11.7 Å². The monoisotopic (exact) mass is 232 g/mol. The number of aryl methyl sites for hydroxylation is 1. The lowest BCUT2D eigenvalue weighted by molar-refractivity contribution is -0.385. The Balaban J connectivity index is 3.49. The quantitative estimate of drug-likeness (QED) is 0.634. The first-order valence-corrected chi connectivity index (χ1v) is 4.02. The van der Waals surface area contributed by atoms with Gasteiger partial charge in [-0.2, -0.15) is 0 Å². The minimum absolute atomic E-state index is 0.238. The van der Waals surface area contributed by atoms with Crippen LogP contribution < -0.4 is 0 Å². The summed E-state index contributed by atoms with van der Waals surface area (Å²) < 4.78 is 24.8. The van der Waals surface area contributed by atoms with E-state index in [1.807, 2.05) is 0 Å². The van der Waals surface area contributed by atoms with Crippen LogP contribution in [-0.4, -0.2) is 21.0 Å². The number of rotatable bonds is 3. The molecule has 0 amide bonds. The highest BCUT2D eigenvalue weighted by atomic mass is 19.3. The van der Waals surface area contributed by atoms with Gasteiger partial charge in [0.15, 0.2) is 0 Å². The summed E-state index contributed by atoms with van der Waals surface area (Å²) in [6.45, 7) is 1.16. The van der Waals surface area contributed by atoms with Gasteiger partial charge in [-0.25, -0.2) is 18.6 Å². The van der Waals surface area contributed by atoms with Crippen LogP contribution in [0.1, 0.15) is 28.2 Å². The van der Waals surface area contributed by atoms with Crippen molar-refractivity contribution in [2.45, 2.75) is 13.3 Å². The van der Waals surface area contributed by atoms with E-state index >= 15 is 0 Å². The second-order valence-electron chi connectivity index (χ2n) is 2.89. The minimum atomic E-state index is -2.94. The number of hydrogen-bond donors (Lipinski definition) is 1. The molecule has 1 heterocycles. The fourth-order valence-electron chi connectivity index (χ4n) is 1.13. The number of carboxylic acid groups (broad SMARTS) is 1. The van der Waals surface area contributed by atoms with Crippen molar-refractivity contribution < 1.29 is 23.6 Å². The van der Waals surface area contributed by atoms with E-state index in [9.17, 15) is 23.7 Å². The van der Waals surface area contributed by atoms with Gasteiger partial charge in [-0.1, -0.05) is 0 Å². The molecule has 0 aliphatic rings. The third kappa shape index (κ3) is 2.10. The SMILES string of the molecule is Cc1nc(C(=O)O)c([N+](=O)[O-])cc1C(F)F. The molecule has 1 N–H and O–H groups in total. The maximum Gasteiger partial charge on any atom is 0.361 e. The minimum Gasteiger partial charge on any atom is -0.476 e. The largest absolute Gasteiger partial charge is 0.476 e. The van der Waals surface area contributed by atoms with Gasteiger partial charge >= 0.3 is 11.7 Å². The van der Waals surface area contributed by atoms with Gasteiger partial charge in [-0.05, 0) is 6.92 Å². The summed E-state index contributed by atoms with van der Waals surface area (Å²) in [5, 5.41) is 19.1. The Bertz CT molecular complexity index is 462. The molecule has 1 aromatic rings. The summed E-state index contributed by atoms with van der Waals surface area (Å²) in [6, 6.07) is 0.538. The molecule has 0 saturated carbocycles. The normalized spacial score (nSPS) is 10.5. The topological polar surface area (TPSA) is 93.3 Å². The lowest BCUT2D eigenvalue weighted by Gasteiger charge is -2.05. The van der Waals surface area contributed by atoms with Gasteiger partial charge in [-0.3, -0.25) is 10.1 Å². The Labute approximate surface area is 87.7 Å². The van der Waals surface area contributed by atoms with E-state index in [0.717, 1.165) is 6.92 Å². The highest BCUT2D eigenvalue weighted by Gasteiger charge is 2.26. The van der Waals surface area contributed by atoms with E-state index in [-0.39, 0.29) is 5.69 Å². The molecule has 0 saturated heterocycles. The molecule has 0 aliphatic carbocycles. The second-order valence-corrected chi connectivity index (χ2v) is 2.89. The van der Waals surface area contributed by atoms with E-state index in [1.54, 1.807) is 0 Å². The third-order valence-corrected chi connectivity index (χ3v) is 1.87. The van der Waals surface area contributed by atoms with Crippen molar-refractivity contribution in [3.63, 3.8) is 0 Å². The number of carbonyl (C=O) groups is 1. The zero-order valence-electron chi connectivity index (χ0n) is 7.98. The Hall–Kier alpha value is -2.12. The fourth-order valence-corrected chi connectivity index (χ4v) is 1.13. The average Bonchev–Trinajstić information content (AvgIpc) is 2.15. The van der Waals surface area contributed by atoms with Crippen LogP contribution in [0.4, 0.5) is 14.5 Å². The summed E-state index contributed by atoms with van der Waals surface area (Å²) in [5.41, 5.74) is -2.66. The first-order valence-electron chi connectivity index (χ1n) is 4.02. The number of pyridine rings is 1. The summed E-state index contributed by atoms with van der Waals surface area (Å²) >= 11 is 0. The van der Waals surface area contributed by atoms with Crippen LogP contribution in [0.25, 0.3) is 0 Å². The van der Waals surface area contributed by atoms with Crippen LogP contribution in [0.2, 0.25) is 0 Å². The van der Waals surface area contributed by atoms with Gasteiger partial charge in [0.1, 0.15) is 0 Å². The molecule has 8 heteroatoms. The molecule has 1 aromatic heterocycles. The van der Waals surface area contributed by atoms with Crippen LogP contribution >= 0.6 is 0 Å². The Morgan fingerprint density at radius 2 is 2.19 bits per heavy atom. The maximum absolute atomic E-state index is 12.4. The molecule has 0 radical (unpaired) electrons. The fraction of sp³-hybridized carbons (Fsp3) is 0.250.